The molecule has 4 heteroatoms. The standard InChI is InChI=1S/C16H22N2O2/c1-16(2,3)15-13-8-7-12(19-5)9-11(13)10-14(17-15)18(4)20-6/h7-10H,1-6H3. The number of hydroxylamine groups is 1. The van der Waals surface area contributed by atoms with Gasteiger partial charge in [-0.2, -0.15) is 0 Å². The third kappa shape index (κ3) is 2.70. The number of methoxy groups -OCH3 is 1. The number of hydrogen-bond donors (Lipinski definition) is 0. The minimum atomic E-state index is -0.0442. The highest BCUT2D eigenvalue weighted by Gasteiger charge is 2.21. The van der Waals surface area contributed by atoms with Gasteiger partial charge in [0.2, 0.25) is 0 Å². The Morgan fingerprint density at radius 1 is 1.10 bits per heavy atom. The largest absolute Gasteiger partial charge is 0.497 e. The number of ether oxygens (including phenoxy) is 1. The van der Waals surface area contributed by atoms with E-state index in [-0.39, 0.29) is 5.41 Å². The summed E-state index contributed by atoms with van der Waals surface area (Å²) >= 11 is 0. The van der Waals surface area contributed by atoms with Gasteiger partial charge in [0.15, 0.2) is 5.82 Å². The summed E-state index contributed by atoms with van der Waals surface area (Å²) in [5, 5.41) is 3.91. The zero-order valence-corrected chi connectivity index (χ0v) is 13.0. The van der Waals surface area contributed by atoms with Gasteiger partial charge in [0, 0.05) is 17.8 Å². The van der Waals surface area contributed by atoms with Crippen molar-refractivity contribution in [3.05, 3.63) is 30.0 Å². The molecule has 0 fully saturated rings. The van der Waals surface area contributed by atoms with Crippen LogP contribution in [0.2, 0.25) is 0 Å². The quantitative estimate of drug-likeness (QED) is 0.802. The summed E-state index contributed by atoms with van der Waals surface area (Å²) in [6.45, 7) is 6.49. The fourth-order valence-electron chi connectivity index (χ4n) is 2.18. The molecule has 2 rings (SSSR count). The van der Waals surface area contributed by atoms with Gasteiger partial charge in [-0.25, -0.2) is 10.0 Å². The zero-order chi connectivity index (χ0) is 14.9. The second-order valence-corrected chi connectivity index (χ2v) is 5.85. The number of fused-ring (bicyclic) bond motifs is 1. The lowest BCUT2D eigenvalue weighted by atomic mass is 9.88. The molecule has 0 amide bonds. The molecule has 0 aliphatic heterocycles. The predicted molar refractivity (Wildman–Crippen MR) is 82.4 cm³/mol. The van der Waals surface area contributed by atoms with E-state index in [0.29, 0.717) is 0 Å². The number of benzene rings is 1. The monoisotopic (exact) mass is 274 g/mol. The summed E-state index contributed by atoms with van der Waals surface area (Å²) < 4.78 is 5.31. The van der Waals surface area contributed by atoms with Crippen LogP contribution in [0.5, 0.6) is 5.75 Å². The minimum absolute atomic E-state index is 0.0442. The molecular weight excluding hydrogens is 252 g/mol. The van der Waals surface area contributed by atoms with Crippen molar-refractivity contribution in [2.45, 2.75) is 26.2 Å². The molecule has 0 aliphatic carbocycles. The van der Waals surface area contributed by atoms with E-state index in [4.69, 9.17) is 14.6 Å². The molecule has 1 heterocycles. The average molecular weight is 274 g/mol. The summed E-state index contributed by atoms with van der Waals surface area (Å²) in [5.74, 6) is 1.63. The van der Waals surface area contributed by atoms with Crippen LogP contribution in [0.15, 0.2) is 24.3 Å². The Hall–Kier alpha value is -1.81. The summed E-state index contributed by atoms with van der Waals surface area (Å²) in [5.41, 5.74) is 1.01. The van der Waals surface area contributed by atoms with Crippen LogP contribution in [0.3, 0.4) is 0 Å². The maximum atomic E-state index is 5.31. The Balaban J connectivity index is 2.74. The van der Waals surface area contributed by atoms with Crippen LogP contribution in [-0.2, 0) is 10.3 Å². The van der Waals surface area contributed by atoms with E-state index in [1.807, 2.05) is 25.2 Å². The van der Waals surface area contributed by atoms with Crippen LogP contribution in [0.25, 0.3) is 10.8 Å². The number of rotatable bonds is 3. The summed E-state index contributed by atoms with van der Waals surface area (Å²) in [4.78, 5) is 10.0. The Bertz CT molecular complexity index is 618. The van der Waals surface area contributed by atoms with E-state index in [2.05, 4.69) is 26.8 Å². The van der Waals surface area contributed by atoms with Crippen LogP contribution in [-0.4, -0.2) is 26.3 Å². The number of anilines is 1. The Morgan fingerprint density at radius 2 is 1.80 bits per heavy atom. The first-order valence-corrected chi connectivity index (χ1v) is 6.64. The number of pyridine rings is 1. The molecule has 0 aliphatic rings. The van der Waals surface area contributed by atoms with E-state index in [1.54, 1.807) is 19.3 Å². The van der Waals surface area contributed by atoms with Crippen molar-refractivity contribution < 1.29 is 9.57 Å². The molecule has 0 bridgehead atoms. The molecule has 2 aromatic rings. The van der Waals surface area contributed by atoms with Gasteiger partial charge in [0.05, 0.1) is 19.9 Å². The lowest BCUT2D eigenvalue weighted by Crippen LogP contribution is -2.20. The van der Waals surface area contributed by atoms with Gasteiger partial charge >= 0.3 is 0 Å². The van der Waals surface area contributed by atoms with E-state index in [0.717, 1.165) is 28.0 Å². The van der Waals surface area contributed by atoms with Gasteiger partial charge in [-0.3, -0.25) is 4.84 Å². The van der Waals surface area contributed by atoms with E-state index < -0.39 is 0 Å². The van der Waals surface area contributed by atoms with E-state index >= 15 is 0 Å². The highest BCUT2D eigenvalue weighted by atomic mass is 16.7. The maximum absolute atomic E-state index is 5.31. The molecule has 4 nitrogen and oxygen atoms in total. The molecule has 20 heavy (non-hydrogen) atoms. The summed E-state index contributed by atoms with van der Waals surface area (Å²) in [7, 11) is 5.16. The van der Waals surface area contributed by atoms with Gasteiger partial charge in [-0.1, -0.05) is 20.8 Å². The van der Waals surface area contributed by atoms with Crippen molar-refractivity contribution in [2.75, 3.05) is 26.3 Å². The van der Waals surface area contributed by atoms with E-state index in [1.165, 1.54) is 0 Å². The summed E-state index contributed by atoms with van der Waals surface area (Å²) in [6.07, 6.45) is 0. The molecule has 0 radical (unpaired) electrons. The molecule has 108 valence electrons. The predicted octanol–water partition coefficient (Wildman–Crippen LogP) is 3.54. The molecule has 0 unspecified atom stereocenters. The lowest BCUT2D eigenvalue weighted by Gasteiger charge is -2.24. The molecule has 0 atom stereocenters. The normalized spacial score (nSPS) is 11.7. The first-order valence-electron chi connectivity index (χ1n) is 6.64. The lowest BCUT2D eigenvalue weighted by molar-refractivity contribution is 0.182. The molecule has 0 spiro atoms. The van der Waals surface area contributed by atoms with Crippen molar-refractivity contribution in [3.63, 3.8) is 0 Å². The topological polar surface area (TPSA) is 34.6 Å². The van der Waals surface area contributed by atoms with Gasteiger partial charge in [0.1, 0.15) is 5.75 Å². The zero-order valence-electron chi connectivity index (χ0n) is 13.0. The second-order valence-electron chi connectivity index (χ2n) is 5.85. The first kappa shape index (κ1) is 14.6. The van der Waals surface area contributed by atoms with Gasteiger partial charge in [0.25, 0.3) is 0 Å². The number of nitrogens with zero attached hydrogens (tertiary/aromatic N) is 2. The molecule has 0 saturated carbocycles. The summed E-state index contributed by atoms with van der Waals surface area (Å²) in [6, 6.07) is 8.08. The third-order valence-electron chi connectivity index (χ3n) is 3.33. The fourth-order valence-corrected chi connectivity index (χ4v) is 2.18. The number of aromatic nitrogens is 1. The van der Waals surface area contributed by atoms with Crippen molar-refractivity contribution in [1.29, 1.82) is 0 Å². The Kier molecular flexibility index (Phi) is 3.86. The van der Waals surface area contributed by atoms with Crippen LogP contribution in [0.1, 0.15) is 26.5 Å². The van der Waals surface area contributed by atoms with Crippen molar-refractivity contribution in [2.24, 2.45) is 0 Å². The van der Waals surface area contributed by atoms with Crippen LogP contribution in [0.4, 0.5) is 5.82 Å². The van der Waals surface area contributed by atoms with Crippen LogP contribution < -0.4 is 9.80 Å². The molecule has 1 aromatic carbocycles. The molecule has 0 N–H and O–H groups in total. The van der Waals surface area contributed by atoms with Crippen molar-refractivity contribution in [1.82, 2.24) is 4.98 Å². The SMILES string of the molecule is COc1ccc2c(C(C)(C)C)nc(N(C)OC)cc2c1. The molecule has 0 saturated heterocycles. The van der Waals surface area contributed by atoms with Crippen molar-refractivity contribution in [3.8, 4) is 5.75 Å². The minimum Gasteiger partial charge on any atom is -0.497 e. The van der Waals surface area contributed by atoms with Gasteiger partial charge in [-0.05, 0) is 29.7 Å². The Morgan fingerprint density at radius 3 is 2.35 bits per heavy atom. The Labute approximate surface area is 120 Å². The highest BCUT2D eigenvalue weighted by molar-refractivity contribution is 5.88. The second kappa shape index (κ2) is 5.29. The first-order chi connectivity index (χ1) is 9.36. The highest BCUT2D eigenvalue weighted by Crippen LogP contribution is 2.33. The van der Waals surface area contributed by atoms with Crippen LogP contribution in [0, 0.1) is 0 Å². The molecular formula is C16H22N2O2. The molecule has 1 aromatic heterocycles. The number of hydrogen-bond acceptors (Lipinski definition) is 4. The fraction of sp³-hybridized carbons (Fsp3) is 0.438. The van der Waals surface area contributed by atoms with Gasteiger partial charge < -0.3 is 4.74 Å². The smallest absolute Gasteiger partial charge is 0.152 e. The maximum Gasteiger partial charge on any atom is 0.152 e. The third-order valence-corrected chi connectivity index (χ3v) is 3.33. The average Bonchev–Trinajstić information content (AvgIpc) is 2.43. The van der Waals surface area contributed by atoms with Gasteiger partial charge in [-0.15, -0.1) is 0 Å². The van der Waals surface area contributed by atoms with E-state index in [9.17, 15) is 0 Å². The van der Waals surface area contributed by atoms with Crippen molar-refractivity contribution >= 4 is 16.6 Å². The van der Waals surface area contributed by atoms with Crippen LogP contribution >= 0.6 is 0 Å².